The number of nitrogens with two attached hydrogens (primary N) is 1. The van der Waals surface area contributed by atoms with Gasteiger partial charge in [-0.25, -0.2) is 9.97 Å². The van der Waals surface area contributed by atoms with Gasteiger partial charge in [-0.05, 0) is 13.3 Å². The molecule has 0 spiro atoms. The number of anilines is 1. The first kappa shape index (κ1) is 15.0. The molecular weight excluding hydrogens is 268 g/mol. The number of nitrogens with zero attached hydrogens (tertiary/aromatic N) is 2. The van der Waals surface area contributed by atoms with E-state index >= 15 is 0 Å². The van der Waals surface area contributed by atoms with Crippen LogP contribution in [0.4, 0.5) is 5.82 Å². The first-order valence-corrected chi connectivity index (χ1v) is 7.64. The number of hydrogen-bond acceptors (Lipinski definition) is 5. The lowest BCUT2D eigenvalue weighted by atomic mass is 10.3. The van der Waals surface area contributed by atoms with Crippen molar-refractivity contribution in [2.75, 3.05) is 18.1 Å². The SMILES string of the molecule is Cc1ncc(C(N)=S)c(NCCC(C)S(C)=O)n1. The van der Waals surface area contributed by atoms with Crippen LogP contribution in [0.2, 0.25) is 0 Å². The third-order valence-electron chi connectivity index (χ3n) is 2.58. The largest absolute Gasteiger partial charge is 0.389 e. The smallest absolute Gasteiger partial charge is 0.139 e. The fourth-order valence-corrected chi connectivity index (χ4v) is 1.94. The summed E-state index contributed by atoms with van der Waals surface area (Å²) in [6.07, 6.45) is 4.12. The van der Waals surface area contributed by atoms with Crippen LogP contribution in [0, 0.1) is 6.92 Å². The van der Waals surface area contributed by atoms with Gasteiger partial charge in [0.15, 0.2) is 0 Å². The van der Waals surface area contributed by atoms with E-state index in [2.05, 4.69) is 15.3 Å². The van der Waals surface area contributed by atoms with Gasteiger partial charge >= 0.3 is 0 Å². The van der Waals surface area contributed by atoms with Gasteiger partial charge in [0.2, 0.25) is 0 Å². The number of rotatable bonds is 6. The zero-order valence-electron chi connectivity index (χ0n) is 10.8. The number of thiocarbonyl (C=S) groups is 1. The van der Waals surface area contributed by atoms with Crippen molar-refractivity contribution in [3.8, 4) is 0 Å². The molecule has 0 saturated heterocycles. The summed E-state index contributed by atoms with van der Waals surface area (Å²) < 4.78 is 11.2. The van der Waals surface area contributed by atoms with E-state index < -0.39 is 10.8 Å². The van der Waals surface area contributed by atoms with E-state index in [1.165, 1.54) is 0 Å². The van der Waals surface area contributed by atoms with Crippen molar-refractivity contribution in [2.45, 2.75) is 25.5 Å². The van der Waals surface area contributed by atoms with Crippen LogP contribution in [0.15, 0.2) is 6.20 Å². The Morgan fingerprint density at radius 3 is 2.89 bits per heavy atom. The molecule has 0 saturated carbocycles. The molecule has 0 aliphatic rings. The van der Waals surface area contributed by atoms with E-state index in [0.717, 1.165) is 6.42 Å². The lowest BCUT2D eigenvalue weighted by molar-refractivity contribution is 0.672. The van der Waals surface area contributed by atoms with E-state index in [-0.39, 0.29) is 10.2 Å². The highest BCUT2D eigenvalue weighted by Crippen LogP contribution is 2.12. The van der Waals surface area contributed by atoms with Crippen LogP contribution in [0.1, 0.15) is 24.7 Å². The van der Waals surface area contributed by atoms with Crippen molar-refractivity contribution in [2.24, 2.45) is 5.73 Å². The van der Waals surface area contributed by atoms with Crippen LogP contribution >= 0.6 is 12.2 Å². The zero-order chi connectivity index (χ0) is 13.7. The summed E-state index contributed by atoms with van der Waals surface area (Å²) in [7, 11) is -0.810. The lowest BCUT2D eigenvalue weighted by Crippen LogP contribution is -2.19. The Balaban J connectivity index is 2.69. The third kappa shape index (κ3) is 4.30. The molecule has 1 rings (SSSR count). The molecule has 3 N–H and O–H groups in total. The summed E-state index contributed by atoms with van der Waals surface area (Å²) in [5.41, 5.74) is 6.25. The van der Waals surface area contributed by atoms with Gasteiger partial charge < -0.3 is 11.1 Å². The van der Waals surface area contributed by atoms with Gasteiger partial charge in [-0.3, -0.25) is 4.21 Å². The topological polar surface area (TPSA) is 80.9 Å². The molecule has 7 heteroatoms. The minimum absolute atomic E-state index is 0.147. The molecule has 1 aromatic heterocycles. The molecule has 5 nitrogen and oxygen atoms in total. The highest BCUT2D eigenvalue weighted by molar-refractivity contribution is 7.84. The van der Waals surface area contributed by atoms with Crippen molar-refractivity contribution in [1.82, 2.24) is 9.97 Å². The summed E-state index contributed by atoms with van der Waals surface area (Å²) in [5, 5.41) is 3.32. The van der Waals surface area contributed by atoms with Crippen LogP contribution in [0.25, 0.3) is 0 Å². The minimum atomic E-state index is -0.810. The average molecular weight is 286 g/mol. The number of aromatic nitrogens is 2. The molecule has 0 fully saturated rings. The number of nitrogens with one attached hydrogen (secondary N) is 1. The lowest BCUT2D eigenvalue weighted by Gasteiger charge is -2.12. The molecule has 100 valence electrons. The molecule has 0 amide bonds. The minimum Gasteiger partial charge on any atom is -0.389 e. The summed E-state index contributed by atoms with van der Waals surface area (Å²) in [6.45, 7) is 4.43. The van der Waals surface area contributed by atoms with Crippen LogP contribution in [-0.4, -0.2) is 37.2 Å². The van der Waals surface area contributed by atoms with E-state index in [4.69, 9.17) is 18.0 Å². The Labute approximate surface area is 115 Å². The maximum Gasteiger partial charge on any atom is 0.139 e. The van der Waals surface area contributed by atoms with E-state index in [1.807, 2.05) is 6.92 Å². The van der Waals surface area contributed by atoms with Gasteiger partial charge in [-0.15, -0.1) is 0 Å². The Kier molecular flexibility index (Phi) is 5.61. The molecule has 0 radical (unpaired) electrons. The molecule has 2 unspecified atom stereocenters. The Hall–Kier alpha value is -1.08. The first-order valence-electron chi connectivity index (χ1n) is 5.61. The molecule has 18 heavy (non-hydrogen) atoms. The van der Waals surface area contributed by atoms with Gasteiger partial charge in [0.1, 0.15) is 16.6 Å². The highest BCUT2D eigenvalue weighted by Gasteiger charge is 2.09. The number of hydrogen-bond donors (Lipinski definition) is 2. The van der Waals surface area contributed by atoms with E-state index in [1.54, 1.807) is 19.4 Å². The fraction of sp³-hybridized carbons (Fsp3) is 0.545. The van der Waals surface area contributed by atoms with E-state index in [0.29, 0.717) is 23.8 Å². The van der Waals surface area contributed by atoms with Gasteiger partial charge in [-0.2, -0.15) is 0 Å². The molecule has 0 aliphatic carbocycles. The molecule has 1 aromatic rings. The Morgan fingerprint density at radius 2 is 2.33 bits per heavy atom. The monoisotopic (exact) mass is 286 g/mol. The summed E-state index contributed by atoms with van der Waals surface area (Å²) >= 11 is 4.95. The van der Waals surface area contributed by atoms with Crippen molar-refractivity contribution in [3.63, 3.8) is 0 Å². The fourth-order valence-electron chi connectivity index (χ4n) is 1.34. The predicted molar refractivity (Wildman–Crippen MR) is 79.3 cm³/mol. The summed E-state index contributed by atoms with van der Waals surface area (Å²) in [6, 6.07) is 0. The zero-order valence-corrected chi connectivity index (χ0v) is 12.4. The second-order valence-electron chi connectivity index (χ2n) is 4.07. The predicted octanol–water partition coefficient (Wildman–Crippen LogP) is 0.988. The second-order valence-corrected chi connectivity index (χ2v) is 6.31. The van der Waals surface area contributed by atoms with Crippen LogP contribution in [0.3, 0.4) is 0 Å². The average Bonchev–Trinajstić information content (AvgIpc) is 2.28. The maximum atomic E-state index is 11.2. The molecular formula is C11H18N4OS2. The summed E-state index contributed by atoms with van der Waals surface area (Å²) in [4.78, 5) is 8.60. The highest BCUT2D eigenvalue weighted by atomic mass is 32.2. The molecule has 0 bridgehead atoms. The molecule has 0 aliphatic heterocycles. The molecule has 0 aromatic carbocycles. The van der Waals surface area contributed by atoms with Gasteiger partial charge in [0, 0.05) is 35.0 Å². The standard InChI is InChI=1S/C11H18N4OS2/c1-7(18(3)16)4-5-13-11-9(10(12)17)6-14-8(2)15-11/h6-7H,4-5H2,1-3H3,(H2,12,17)(H,13,14,15). The van der Waals surface area contributed by atoms with Gasteiger partial charge in [0.25, 0.3) is 0 Å². The quantitative estimate of drug-likeness (QED) is 0.759. The van der Waals surface area contributed by atoms with Crippen molar-refractivity contribution in [1.29, 1.82) is 0 Å². The van der Waals surface area contributed by atoms with E-state index in [9.17, 15) is 4.21 Å². The van der Waals surface area contributed by atoms with Crippen LogP contribution in [-0.2, 0) is 10.8 Å². The normalized spacial score (nSPS) is 13.9. The first-order chi connectivity index (χ1) is 8.41. The second kappa shape index (κ2) is 6.75. The van der Waals surface area contributed by atoms with Crippen molar-refractivity contribution >= 4 is 33.8 Å². The Morgan fingerprint density at radius 1 is 1.67 bits per heavy atom. The van der Waals surface area contributed by atoms with Crippen LogP contribution < -0.4 is 11.1 Å². The van der Waals surface area contributed by atoms with Gasteiger partial charge in [0.05, 0.1) is 5.56 Å². The molecule has 1 heterocycles. The third-order valence-corrected chi connectivity index (χ3v) is 4.17. The van der Waals surface area contributed by atoms with Crippen molar-refractivity contribution in [3.05, 3.63) is 17.6 Å². The number of aryl methyl sites for hydroxylation is 1. The Bertz CT molecular complexity index is 464. The molecule has 2 atom stereocenters. The van der Waals surface area contributed by atoms with Crippen LogP contribution in [0.5, 0.6) is 0 Å². The summed E-state index contributed by atoms with van der Waals surface area (Å²) in [5.74, 6) is 1.30. The maximum absolute atomic E-state index is 11.2. The van der Waals surface area contributed by atoms with Crippen molar-refractivity contribution < 1.29 is 4.21 Å². The van der Waals surface area contributed by atoms with Gasteiger partial charge in [-0.1, -0.05) is 19.1 Å².